The third-order valence-electron chi connectivity index (χ3n) is 4.66. The predicted molar refractivity (Wildman–Crippen MR) is 99.3 cm³/mol. The normalized spacial score (nSPS) is 20.7. The maximum absolute atomic E-state index is 14.5. The Bertz CT molecular complexity index is 710. The van der Waals surface area contributed by atoms with Crippen LogP contribution in [0, 0.1) is 5.82 Å². The van der Waals surface area contributed by atoms with Crippen LogP contribution in [0.3, 0.4) is 0 Å². The van der Waals surface area contributed by atoms with Crippen LogP contribution in [0.1, 0.15) is 44.0 Å². The van der Waals surface area contributed by atoms with E-state index in [0.717, 1.165) is 25.9 Å². The summed E-state index contributed by atoms with van der Waals surface area (Å²) < 4.78 is 25.3. The third kappa shape index (κ3) is 4.77. The van der Waals surface area contributed by atoms with Crippen LogP contribution in [0.25, 0.3) is 0 Å². The van der Waals surface area contributed by atoms with Crippen molar-refractivity contribution < 1.29 is 23.5 Å². The molecule has 2 saturated heterocycles. The smallest absolute Gasteiger partial charge is 0.337 e. The fourth-order valence-electron chi connectivity index (χ4n) is 3.38. The molecule has 2 fully saturated rings. The first-order chi connectivity index (χ1) is 12.7. The highest BCUT2D eigenvalue weighted by molar-refractivity contribution is 5.95. The summed E-state index contributed by atoms with van der Waals surface area (Å²) in [6.45, 7) is 7.71. The van der Waals surface area contributed by atoms with Crippen LogP contribution in [0.4, 0.5) is 10.1 Å². The molecule has 0 spiro atoms. The number of ether oxygens (including phenoxy) is 2. The number of esters is 1. The lowest BCUT2D eigenvalue weighted by Gasteiger charge is -2.33. The van der Waals surface area contributed by atoms with Gasteiger partial charge >= 0.3 is 5.97 Å². The Kier molecular flexibility index (Phi) is 5.69. The average Bonchev–Trinajstić information content (AvgIpc) is 3.14. The Morgan fingerprint density at radius 3 is 2.52 bits per heavy atom. The van der Waals surface area contributed by atoms with E-state index in [1.807, 2.05) is 4.90 Å². The Morgan fingerprint density at radius 2 is 1.89 bits per heavy atom. The van der Waals surface area contributed by atoms with Crippen molar-refractivity contribution in [1.82, 2.24) is 4.90 Å². The van der Waals surface area contributed by atoms with Crippen molar-refractivity contribution in [1.29, 1.82) is 0 Å². The van der Waals surface area contributed by atoms with Crippen molar-refractivity contribution >= 4 is 17.6 Å². The molecule has 3 rings (SSSR count). The molecule has 7 heteroatoms. The molecule has 0 bridgehead atoms. The molecule has 1 unspecified atom stereocenters. The van der Waals surface area contributed by atoms with Crippen LogP contribution in [0.2, 0.25) is 0 Å². The molecule has 0 aliphatic carbocycles. The van der Waals surface area contributed by atoms with Crippen molar-refractivity contribution in [2.24, 2.45) is 0 Å². The van der Waals surface area contributed by atoms with Gasteiger partial charge in [0, 0.05) is 25.2 Å². The van der Waals surface area contributed by atoms with Gasteiger partial charge in [0.25, 0.3) is 5.91 Å². The fourth-order valence-corrected chi connectivity index (χ4v) is 3.38. The Labute approximate surface area is 159 Å². The van der Waals surface area contributed by atoms with Crippen molar-refractivity contribution in [3.8, 4) is 0 Å². The maximum Gasteiger partial charge on any atom is 0.337 e. The van der Waals surface area contributed by atoms with Gasteiger partial charge in [-0.1, -0.05) is 0 Å². The molecule has 0 radical (unpaired) electrons. The molecule has 1 aromatic rings. The number of rotatable bonds is 3. The van der Waals surface area contributed by atoms with Crippen molar-refractivity contribution in [3.05, 3.63) is 29.6 Å². The summed E-state index contributed by atoms with van der Waals surface area (Å²) in [5, 5.41) is 0. The summed E-state index contributed by atoms with van der Waals surface area (Å²) in [4.78, 5) is 28.5. The molecule has 2 aliphatic rings. The number of hydrogen-bond acceptors (Lipinski definition) is 5. The minimum Gasteiger partial charge on any atom is -0.458 e. The summed E-state index contributed by atoms with van der Waals surface area (Å²) >= 11 is 0. The van der Waals surface area contributed by atoms with Crippen molar-refractivity contribution in [2.45, 2.75) is 45.3 Å². The number of benzene rings is 1. The van der Waals surface area contributed by atoms with Crippen LogP contribution in [-0.4, -0.2) is 61.3 Å². The van der Waals surface area contributed by atoms with E-state index in [2.05, 4.69) is 0 Å². The zero-order valence-corrected chi connectivity index (χ0v) is 16.2. The lowest BCUT2D eigenvalue weighted by molar-refractivity contribution is -0.172. The molecule has 0 saturated carbocycles. The largest absolute Gasteiger partial charge is 0.458 e. The van der Waals surface area contributed by atoms with E-state index in [1.54, 1.807) is 32.9 Å². The second-order valence-electron chi connectivity index (χ2n) is 8.00. The monoisotopic (exact) mass is 378 g/mol. The van der Waals surface area contributed by atoms with E-state index in [4.69, 9.17) is 9.47 Å². The third-order valence-corrected chi connectivity index (χ3v) is 4.66. The first kappa shape index (κ1) is 19.6. The molecule has 1 aromatic carbocycles. The summed E-state index contributed by atoms with van der Waals surface area (Å²) in [5.41, 5.74) is 0.194. The van der Waals surface area contributed by atoms with Gasteiger partial charge in [0.15, 0.2) is 6.10 Å². The molecular formula is C20H27FN2O4. The number of nitrogens with zero attached hydrogens (tertiary/aromatic N) is 2. The quantitative estimate of drug-likeness (QED) is 0.757. The molecule has 1 atom stereocenters. The molecule has 148 valence electrons. The highest BCUT2D eigenvalue weighted by Gasteiger charge is 2.33. The van der Waals surface area contributed by atoms with Gasteiger partial charge in [-0.25, -0.2) is 9.18 Å². The van der Waals surface area contributed by atoms with Gasteiger partial charge in [0.1, 0.15) is 11.4 Å². The highest BCUT2D eigenvalue weighted by Crippen LogP contribution is 2.25. The number of halogens is 1. The van der Waals surface area contributed by atoms with E-state index in [-0.39, 0.29) is 30.4 Å². The summed E-state index contributed by atoms with van der Waals surface area (Å²) in [5.74, 6) is -1.19. The minimum atomic E-state index is -0.823. The number of hydrogen-bond donors (Lipinski definition) is 0. The van der Waals surface area contributed by atoms with E-state index < -0.39 is 17.7 Å². The lowest BCUT2D eigenvalue weighted by atomic mass is 10.1. The predicted octanol–water partition coefficient (Wildman–Crippen LogP) is 2.61. The number of morpholine rings is 1. The standard InChI is InChI=1S/C20H27FN2O4/c1-20(2,3)27-19(25)17-13-23(10-11-26-17)18(24)14-6-7-16(15(21)12-14)22-8-4-5-9-22/h6-7,12,17H,4-5,8-11,13H2,1-3H3. The van der Waals surface area contributed by atoms with E-state index in [9.17, 15) is 14.0 Å². The summed E-state index contributed by atoms with van der Waals surface area (Å²) in [6, 6.07) is 4.60. The van der Waals surface area contributed by atoms with Gasteiger partial charge in [-0.2, -0.15) is 0 Å². The molecule has 2 heterocycles. The van der Waals surface area contributed by atoms with Gasteiger partial charge in [0.05, 0.1) is 18.8 Å². The molecule has 27 heavy (non-hydrogen) atoms. The van der Waals surface area contributed by atoms with Gasteiger partial charge in [-0.05, 0) is 51.8 Å². The van der Waals surface area contributed by atoms with Gasteiger partial charge in [0.2, 0.25) is 0 Å². The lowest BCUT2D eigenvalue weighted by Crippen LogP contribution is -2.50. The topological polar surface area (TPSA) is 59.1 Å². The minimum absolute atomic E-state index is 0.100. The van der Waals surface area contributed by atoms with E-state index >= 15 is 0 Å². The molecule has 6 nitrogen and oxygen atoms in total. The second-order valence-corrected chi connectivity index (χ2v) is 8.00. The second kappa shape index (κ2) is 7.84. The maximum atomic E-state index is 14.5. The summed E-state index contributed by atoms with van der Waals surface area (Å²) in [6.07, 6.45) is 1.29. The van der Waals surface area contributed by atoms with E-state index in [0.29, 0.717) is 12.2 Å². The zero-order chi connectivity index (χ0) is 19.6. The fraction of sp³-hybridized carbons (Fsp3) is 0.600. The van der Waals surface area contributed by atoms with Crippen molar-refractivity contribution in [3.63, 3.8) is 0 Å². The van der Waals surface area contributed by atoms with Crippen LogP contribution in [0.15, 0.2) is 18.2 Å². The SMILES string of the molecule is CC(C)(C)OC(=O)C1CN(C(=O)c2ccc(N3CCCC3)c(F)c2)CCO1. The molecule has 0 N–H and O–H groups in total. The van der Waals surface area contributed by atoms with Crippen LogP contribution in [0.5, 0.6) is 0 Å². The van der Waals surface area contributed by atoms with Gasteiger partial charge < -0.3 is 19.3 Å². The molecule has 2 aliphatic heterocycles. The van der Waals surface area contributed by atoms with Crippen molar-refractivity contribution in [2.75, 3.05) is 37.7 Å². The van der Waals surface area contributed by atoms with Crippen LogP contribution < -0.4 is 4.90 Å². The molecule has 0 aromatic heterocycles. The molecular weight excluding hydrogens is 351 g/mol. The van der Waals surface area contributed by atoms with Gasteiger partial charge in [-0.15, -0.1) is 0 Å². The summed E-state index contributed by atoms with van der Waals surface area (Å²) in [7, 11) is 0. The first-order valence-corrected chi connectivity index (χ1v) is 9.43. The van der Waals surface area contributed by atoms with E-state index in [1.165, 1.54) is 11.0 Å². The number of carbonyl (C=O) groups is 2. The van der Waals surface area contributed by atoms with Crippen LogP contribution >= 0.6 is 0 Å². The van der Waals surface area contributed by atoms with Crippen LogP contribution in [-0.2, 0) is 14.3 Å². The number of amides is 1. The molecule has 1 amide bonds. The Morgan fingerprint density at radius 1 is 1.19 bits per heavy atom. The Balaban J connectivity index is 1.68. The first-order valence-electron chi connectivity index (χ1n) is 9.43. The highest BCUT2D eigenvalue weighted by atomic mass is 19.1. The Hall–Kier alpha value is -2.15. The zero-order valence-electron chi connectivity index (χ0n) is 16.2. The average molecular weight is 378 g/mol. The number of carbonyl (C=O) groups excluding carboxylic acids is 2. The van der Waals surface area contributed by atoms with Gasteiger partial charge in [-0.3, -0.25) is 4.79 Å². The number of anilines is 1.